The zero-order valence-electron chi connectivity index (χ0n) is 13.4. The molecule has 3 aromatic heterocycles. The first-order valence-corrected chi connectivity index (χ1v) is 9.75. The summed E-state index contributed by atoms with van der Waals surface area (Å²) in [7, 11) is 0. The summed E-state index contributed by atoms with van der Waals surface area (Å²) in [4.78, 5) is 22.1. The van der Waals surface area contributed by atoms with E-state index < -0.39 is 0 Å². The number of carbonyl (C=O) groups is 1. The van der Waals surface area contributed by atoms with Crippen LogP contribution in [-0.2, 0) is 27.3 Å². The van der Waals surface area contributed by atoms with Gasteiger partial charge in [0, 0.05) is 16.5 Å². The van der Waals surface area contributed by atoms with E-state index in [0.29, 0.717) is 6.61 Å². The van der Waals surface area contributed by atoms with E-state index in [9.17, 15) is 4.79 Å². The van der Waals surface area contributed by atoms with Crippen molar-refractivity contribution >= 4 is 28.6 Å². The zero-order chi connectivity index (χ0) is 17.1. The molecule has 1 atom stereocenters. The average Bonchev–Trinajstić information content (AvgIpc) is 3.31. The predicted molar refractivity (Wildman–Crippen MR) is 96.5 cm³/mol. The maximum Gasteiger partial charge on any atom is 0.309 e. The number of ether oxygens (including phenoxy) is 2. The number of esters is 1. The van der Waals surface area contributed by atoms with Crippen molar-refractivity contribution in [2.45, 2.75) is 25.6 Å². The van der Waals surface area contributed by atoms with Crippen molar-refractivity contribution in [1.82, 2.24) is 9.97 Å². The lowest BCUT2D eigenvalue weighted by Crippen LogP contribution is -2.18. The molecule has 5 nitrogen and oxygen atoms in total. The summed E-state index contributed by atoms with van der Waals surface area (Å²) < 4.78 is 11.1. The van der Waals surface area contributed by atoms with Gasteiger partial charge in [-0.3, -0.25) is 9.78 Å². The van der Waals surface area contributed by atoms with Crippen molar-refractivity contribution < 1.29 is 14.3 Å². The highest BCUT2D eigenvalue weighted by Gasteiger charge is 2.25. The number of pyridine rings is 1. The summed E-state index contributed by atoms with van der Waals surface area (Å²) >= 11 is 3.13. The minimum Gasteiger partial charge on any atom is -0.459 e. The molecular weight excluding hydrogens is 356 g/mol. The Hall–Kier alpha value is -2.09. The molecule has 3 aromatic rings. The van der Waals surface area contributed by atoms with Crippen LogP contribution in [0.25, 0.3) is 10.7 Å². The highest BCUT2D eigenvalue weighted by atomic mass is 32.1. The summed E-state index contributed by atoms with van der Waals surface area (Å²) in [5, 5.41) is 4.77. The van der Waals surface area contributed by atoms with Crippen LogP contribution < -0.4 is 0 Å². The predicted octanol–water partition coefficient (Wildman–Crippen LogP) is 4.01. The van der Waals surface area contributed by atoms with Gasteiger partial charge in [0.15, 0.2) is 0 Å². The van der Waals surface area contributed by atoms with E-state index in [2.05, 4.69) is 16.0 Å². The Morgan fingerprint density at radius 2 is 2.28 bits per heavy atom. The molecule has 0 amide bonds. The van der Waals surface area contributed by atoms with Gasteiger partial charge in [0.2, 0.25) is 0 Å². The molecule has 0 aliphatic carbocycles. The van der Waals surface area contributed by atoms with Gasteiger partial charge in [-0.25, -0.2) is 4.98 Å². The van der Waals surface area contributed by atoms with Gasteiger partial charge < -0.3 is 9.47 Å². The fourth-order valence-electron chi connectivity index (χ4n) is 2.72. The molecule has 0 spiro atoms. The molecule has 1 aliphatic heterocycles. The van der Waals surface area contributed by atoms with Crippen LogP contribution in [-0.4, -0.2) is 22.5 Å². The Bertz CT molecular complexity index is 860. The van der Waals surface area contributed by atoms with Crippen LogP contribution in [0.4, 0.5) is 0 Å². The maximum atomic E-state index is 12.2. The molecule has 0 bridgehead atoms. The topological polar surface area (TPSA) is 61.3 Å². The molecule has 0 saturated carbocycles. The van der Waals surface area contributed by atoms with Gasteiger partial charge in [0.25, 0.3) is 0 Å². The smallest absolute Gasteiger partial charge is 0.309 e. The van der Waals surface area contributed by atoms with E-state index in [0.717, 1.165) is 27.7 Å². The third-order valence-electron chi connectivity index (χ3n) is 3.93. The molecule has 128 valence electrons. The standard InChI is InChI=1S/C18H16N2O3S2/c21-16(9-15-17-12(4-7-22-15)5-8-24-17)23-10-13-11-25-18(20-13)14-3-1-2-6-19-14/h1-3,5-6,8,11,15H,4,7,9-10H2/t15-/m1/s1. The Balaban J connectivity index is 1.33. The van der Waals surface area contributed by atoms with Gasteiger partial charge in [-0.15, -0.1) is 22.7 Å². The van der Waals surface area contributed by atoms with Crippen molar-refractivity contribution in [2.24, 2.45) is 0 Å². The van der Waals surface area contributed by atoms with E-state index in [4.69, 9.17) is 9.47 Å². The first-order valence-electron chi connectivity index (χ1n) is 7.99. The van der Waals surface area contributed by atoms with Crippen LogP contribution in [0.3, 0.4) is 0 Å². The van der Waals surface area contributed by atoms with Gasteiger partial charge in [-0.1, -0.05) is 6.07 Å². The third-order valence-corrected chi connectivity index (χ3v) is 5.90. The summed E-state index contributed by atoms with van der Waals surface area (Å²) in [6.07, 6.45) is 2.71. The average molecular weight is 372 g/mol. The first kappa shape index (κ1) is 16.4. The van der Waals surface area contributed by atoms with Crippen LogP contribution in [0.5, 0.6) is 0 Å². The highest BCUT2D eigenvalue weighted by Crippen LogP contribution is 2.34. The normalized spacial score (nSPS) is 16.4. The van der Waals surface area contributed by atoms with Gasteiger partial charge in [0.05, 0.1) is 24.4 Å². The molecule has 4 heterocycles. The number of fused-ring (bicyclic) bond motifs is 1. The van der Waals surface area contributed by atoms with Gasteiger partial charge in [0.1, 0.15) is 17.7 Å². The summed E-state index contributed by atoms with van der Waals surface area (Å²) in [5.41, 5.74) is 2.85. The van der Waals surface area contributed by atoms with Crippen LogP contribution in [0, 0.1) is 0 Å². The first-order chi connectivity index (χ1) is 12.3. The Kier molecular flexibility index (Phi) is 4.87. The van der Waals surface area contributed by atoms with Crippen molar-refractivity contribution in [3.8, 4) is 10.7 Å². The van der Waals surface area contributed by atoms with Gasteiger partial charge in [-0.05, 0) is 35.6 Å². The van der Waals surface area contributed by atoms with Crippen molar-refractivity contribution in [3.05, 3.63) is 57.4 Å². The van der Waals surface area contributed by atoms with Crippen LogP contribution in [0.15, 0.2) is 41.2 Å². The van der Waals surface area contributed by atoms with E-state index >= 15 is 0 Å². The number of nitrogens with zero attached hydrogens (tertiary/aromatic N) is 2. The van der Waals surface area contributed by atoms with Crippen molar-refractivity contribution in [1.29, 1.82) is 0 Å². The molecular formula is C18H16N2O3S2. The summed E-state index contributed by atoms with van der Waals surface area (Å²) in [5.74, 6) is -0.265. The molecule has 0 radical (unpaired) electrons. The van der Waals surface area contributed by atoms with Gasteiger partial charge >= 0.3 is 5.97 Å². The quantitative estimate of drug-likeness (QED) is 0.633. The molecule has 7 heteroatoms. The summed E-state index contributed by atoms with van der Waals surface area (Å²) in [6.45, 7) is 0.827. The van der Waals surface area contributed by atoms with Crippen molar-refractivity contribution in [2.75, 3.05) is 6.61 Å². The Morgan fingerprint density at radius 3 is 3.16 bits per heavy atom. The van der Waals surface area contributed by atoms with Gasteiger partial charge in [-0.2, -0.15) is 0 Å². The monoisotopic (exact) mass is 372 g/mol. The highest BCUT2D eigenvalue weighted by molar-refractivity contribution is 7.13. The number of carbonyl (C=O) groups excluding carboxylic acids is 1. The summed E-state index contributed by atoms with van der Waals surface area (Å²) in [6, 6.07) is 7.81. The fraction of sp³-hybridized carbons (Fsp3) is 0.278. The van der Waals surface area contributed by atoms with Crippen LogP contribution in [0.1, 0.15) is 28.7 Å². The minimum atomic E-state index is -0.265. The molecule has 0 unspecified atom stereocenters. The lowest BCUT2D eigenvalue weighted by atomic mass is 10.1. The molecule has 0 aromatic carbocycles. The second kappa shape index (κ2) is 7.43. The Labute approximate surface area is 153 Å². The number of aromatic nitrogens is 2. The number of rotatable bonds is 5. The second-order valence-electron chi connectivity index (χ2n) is 5.64. The molecule has 0 fully saturated rings. The van der Waals surface area contributed by atoms with E-state index in [1.165, 1.54) is 16.9 Å². The van der Waals surface area contributed by atoms with E-state index in [-0.39, 0.29) is 25.1 Å². The number of thiazole rings is 1. The van der Waals surface area contributed by atoms with Crippen LogP contribution in [0.2, 0.25) is 0 Å². The molecule has 4 rings (SSSR count). The third kappa shape index (κ3) is 3.78. The SMILES string of the molecule is O=C(C[C@H]1OCCc2ccsc21)OCc1csc(-c2ccccn2)n1. The van der Waals surface area contributed by atoms with E-state index in [1.807, 2.05) is 29.0 Å². The lowest BCUT2D eigenvalue weighted by Gasteiger charge is -2.22. The molecule has 0 saturated heterocycles. The Morgan fingerprint density at radius 1 is 1.32 bits per heavy atom. The number of thiophene rings is 1. The van der Waals surface area contributed by atoms with Crippen LogP contribution >= 0.6 is 22.7 Å². The molecule has 25 heavy (non-hydrogen) atoms. The lowest BCUT2D eigenvalue weighted by molar-refractivity contribution is -0.148. The number of hydrogen-bond acceptors (Lipinski definition) is 7. The van der Waals surface area contributed by atoms with E-state index in [1.54, 1.807) is 17.5 Å². The molecule has 0 N–H and O–H groups in total. The largest absolute Gasteiger partial charge is 0.459 e. The number of hydrogen-bond donors (Lipinski definition) is 0. The minimum absolute atomic E-state index is 0.173. The fourth-order valence-corrected chi connectivity index (χ4v) is 4.50. The maximum absolute atomic E-state index is 12.2. The molecule has 1 aliphatic rings. The van der Waals surface area contributed by atoms with Crippen molar-refractivity contribution in [3.63, 3.8) is 0 Å². The zero-order valence-corrected chi connectivity index (χ0v) is 15.0. The second-order valence-corrected chi connectivity index (χ2v) is 7.45.